The Balaban J connectivity index is 0.000000160. The van der Waals surface area contributed by atoms with Gasteiger partial charge in [-0.15, -0.1) is 16.5 Å². The van der Waals surface area contributed by atoms with E-state index in [1.807, 2.05) is 0 Å². The van der Waals surface area contributed by atoms with Crippen LogP contribution in [0.2, 0.25) is 0 Å². The van der Waals surface area contributed by atoms with Crippen LogP contribution in [-0.4, -0.2) is 78.5 Å². The molecule has 2 heterocycles. The van der Waals surface area contributed by atoms with Crippen LogP contribution in [0.3, 0.4) is 0 Å². The average molecular weight is 812 g/mol. The fourth-order valence-corrected chi connectivity index (χ4v) is 8.67. The minimum absolute atomic E-state index is 0.0233. The molecule has 4 aromatic carbocycles. The van der Waals surface area contributed by atoms with Gasteiger partial charge in [0.25, 0.3) is 20.2 Å². The number of hydrogen-bond acceptors (Lipinski definition) is 8. The zero-order valence-corrected chi connectivity index (χ0v) is 33.1. The lowest BCUT2D eigenvalue weighted by molar-refractivity contribution is 0.191. The molecule has 2 aliphatic rings. The molecule has 1 aliphatic heterocycles. The molecule has 0 atom stereocenters. The highest BCUT2D eigenvalue weighted by molar-refractivity contribution is 7.86. The van der Waals surface area contributed by atoms with Crippen molar-refractivity contribution in [3.05, 3.63) is 113 Å². The van der Waals surface area contributed by atoms with Crippen LogP contribution in [0.1, 0.15) is 49.4 Å². The number of alkyl halides is 1. The van der Waals surface area contributed by atoms with E-state index in [1.54, 1.807) is 0 Å². The molecule has 0 radical (unpaired) electrons. The van der Waals surface area contributed by atoms with Crippen molar-refractivity contribution in [3.63, 3.8) is 0 Å². The molecule has 0 saturated heterocycles. The van der Waals surface area contributed by atoms with Crippen molar-refractivity contribution in [1.82, 2.24) is 19.8 Å². The van der Waals surface area contributed by atoms with Crippen molar-refractivity contribution >= 4 is 59.5 Å². The number of aromatic nitrogens is 1. The summed E-state index contributed by atoms with van der Waals surface area (Å²) in [7, 11) is -6.72. The molecule has 1 aromatic heterocycles. The minimum Gasteiger partial charge on any atom is -0.340 e. The summed E-state index contributed by atoms with van der Waals surface area (Å²) in [4.78, 5) is 23.6. The van der Waals surface area contributed by atoms with E-state index in [9.17, 15) is 26.5 Å². The second-order valence-electron chi connectivity index (χ2n) is 13.9. The highest BCUT2D eigenvalue weighted by Crippen LogP contribution is 2.31. The standard InChI is InChI=1S/C19H20N2.C10H18ClN3O2.C10H8O6S2/c1-20-12-11-19-17(14-20)16-9-5-6-10-18(16)21(19)13-15-7-3-2-4-8-15;1-8-2-4-9(5-3-8)12-10(15)14(13-16)7-6-11;11-17(12,13)9-5-1-3-7-8(9)4-2-6-10(7)18(14,15)16/h2-10H,11-14H2,1H3;8-9H,2-7H2,1H3,(H,12,15);1-6H,(H,11,12,13)(H,14,15,16). The highest BCUT2D eigenvalue weighted by atomic mass is 35.5. The Morgan fingerprint density at radius 2 is 1.40 bits per heavy atom. The van der Waals surface area contributed by atoms with Crippen LogP contribution in [0.4, 0.5) is 4.79 Å². The largest absolute Gasteiger partial charge is 0.340 e. The molecule has 5 aromatic rings. The Hall–Kier alpha value is -4.38. The molecule has 7 rings (SSSR count). The summed E-state index contributed by atoms with van der Waals surface area (Å²) in [5, 5.41) is 7.77. The van der Waals surface area contributed by atoms with Crippen LogP contribution in [0.15, 0.2) is 106 Å². The maximum Gasteiger partial charge on any atom is 0.340 e. The van der Waals surface area contributed by atoms with E-state index in [2.05, 4.69) is 88.6 Å². The van der Waals surface area contributed by atoms with Crippen LogP contribution in [0.25, 0.3) is 21.7 Å². The number of urea groups is 1. The van der Waals surface area contributed by atoms with Gasteiger partial charge in [-0.1, -0.05) is 79.7 Å². The number of carbonyl (C=O) groups excluding carboxylic acids is 1. The molecular formula is C39H46ClN5O8S2. The minimum atomic E-state index is -4.47. The molecule has 3 N–H and O–H groups in total. The molecular weight excluding hydrogens is 766 g/mol. The molecule has 294 valence electrons. The topological polar surface area (TPSA) is 179 Å². The fraction of sp³-hybridized carbons (Fsp3) is 0.359. The third-order valence-corrected chi connectivity index (χ3v) is 11.9. The lowest BCUT2D eigenvalue weighted by Crippen LogP contribution is -2.44. The number of fused-ring (bicyclic) bond motifs is 4. The zero-order chi connectivity index (χ0) is 39.8. The number of carbonyl (C=O) groups is 1. The number of nitrogens with zero attached hydrogens (tertiary/aromatic N) is 4. The van der Waals surface area contributed by atoms with E-state index in [4.69, 9.17) is 20.7 Å². The molecule has 0 spiro atoms. The Kier molecular flexibility index (Phi) is 14.1. The number of likely N-dealkylation sites (N-methyl/N-ethyl adjacent to an activating group) is 1. The Morgan fingerprint density at radius 3 is 1.96 bits per heavy atom. The summed E-state index contributed by atoms with van der Waals surface area (Å²) in [6.07, 6.45) is 5.33. The highest BCUT2D eigenvalue weighted by Gasteiger charge is 2.24. The van der Waals surface area contributed by atoms with Gasteiger partial charge in [0, 0.05) is 65.3 Å². The summed E-state index contributed by atoms with van der Waals surface area (Å²) in [6.45, 7) is 5.56. The average Bonchev–Trinajstić information content (AvgIpc) is 3.46. The van der Waals surface area contributed by atoms with Crippen molar-refractivity contribution in [2.45, 2.75) is 68.0 Å². The summed E-state index contributed by atoms with van der Waals surface area (Å²) < 4.78 is 65.2. The van der Waals surface area contributed by atoms with Gasteiger partial charge in [0.05, 0.1) is 11.8 Å². The van der Waals surface area contributed by atoms with Crippen LogP contribution in [0.5, 0.6) is 0 Å². The van der Waals surface area contributed by atoms with Gasteiger partial charge < -0.3 is 14.8 Å². The zero-order valence-electron chi connectivity index (χ0n) is 30.7. The Bertz CT molecular complexity index is 2260. The third-order valence-electron chi connectivity index (χ3n) is 9.91. The number of nitrogens with one attached hydrogen (secondary N) is 1. The van der Waals surface area contributed by atoms with Gasteiger partial charge in [-0.25, -0.2) is 4.79 Å². The summed E-state index contributed by atoms with van der Waals surface area (Å²) in [5.41, 5.74) is 5.80. The lowest BCUT2D eigenvalue weighted by Gasteiger charge is -2.27. The van der Waals surface area contributed by atoms with Gasteiger partial charge in [-0.3, -0.25) is 9.11 Å². The smallest absolute Gasteiger partial charge is 0.340 e. The number of hydrogen-bond donors (Lipinski definition) is 3. The maximum absolute atomic E-state index is 11.6. The van der Waals surface area contributed by atoms with E-state index in [1.165, 1.54) is 52.0 Å². The second-order valence-corrected chi connectivity index (χ2v) is 17.0. The van der Waals surface area contributed by atoms with Gasteiger partial charge in [-0.2, -0.15) is 21.8 Å². The molecule has 1 fully saturated rings. The number of nitroso groups, excluding NO2 is 1. The first kappa shape index (κ1) is 41.8. The van der Waals surface area contributed by atoms with Crippen LogP contribution >= 0.6 is 11.6 Å². The van der Waals surface area contributed by atoms with E-state index in [0.717, 1.165) is 74.8 Å². The van der Waals surface area contributed by atoms with Crippen LogP contribution < -0.4 is 5.32 Å². The maximum atomic E-state index is 11.6. The van der Waals surface area contributed by atoms with Gasteiger partial charge >= 0.3 is 6.03 Å². The normalized spacial score (nSPS) is 17.3. The molecule has 16 heteroatoms. The number of amides is 2. The van der Waals surface area contributed by atoms with Crippen molar-refractivity contribution in [2.24, 2.45) is 11.2 Å². The van der Waals surface area contributed by atoms with E-state index >= 15 is 0 Å². The molecule has 13 nitrogen and oxygen atoms in total. The second kappa shape index (κ2) is 18.5. The molecule has 0 unspecified atom stereocenters. The first-order valence-corrected chi connectivity index (χ1v) is 21.4. The fourth-order valence-electron chi connectivity index (χ4n) is 7.10. The molecule has 2 amide bonds. The molecule has 0 bridgehead atoms. The van der Waals surface area contributed by atoms with E-state index < -0.39 is 36.1 Å². The monoisotopic (exact) mass is 811 g/mol. The van der Waals surface area contributed by atoms with Crippen molar-refractivity contribution in [2.75, 3.05) is 26.0 Å². The number of benzene rings is 4. The SMILES string of the molecule is CC1CCC(NC(=O)N(CCCl)N=O)CC1.CN1CCc2c(c3ccccc3n2Cc2ccccc2)C1.O=S(=O)(O)c1cccc2c(S(=O)(=O)O)cccc12. The van der Waals surface area contributed by atoms with Crippen LogP contribution in [0, 0.1) is 10.8 Å². The van der Waals surface area contributed by atoms with Crippen molar-refractivity contribution < 1.29 is 30.7 Å². The predicted octanol–water partition coefficient (Wildman–Crippen LogP) is 7.51. The third kappa shape index (κ3) is 10.7. The van der Waals surface area contributed by atoms with E-state index in [0.29, 0.717) is 0 Å². The summed E-state index contributed by atoms with van der Waals surface area (Å²) in [5.74, 6) is 0.942. The molecule has 1 saturated carbocycles. The van der Waals surface area contributed by atoms with Gasteiger partial charge in [0.1, 0.15) is 9.79 Å². The summed E-state index contributed by atoms with van der Waals surface area (Å²) in [6, 6.07) is 26.9. The molecule has 1 aliphatic carbocycles. The van der Waals surface area contributed by atoms with Gasteiger partial charge in [0.2, 0.25) is 0 Å². The first-order valence-electron chi connectivity index (χ1n) is 18.0. The quantitative estimate of drug-likeness (QED) is 0.0619. The van der Waals surface area contributed by atoms with Crippen LogP contribution in [-0.2, 0) is 39.7 Å². The van der Waals surface area contributed by atoms with Gasteiger partial charge in [-0.05, 0) is 68.0 Å². The first-order chi connectivity index (χ1) is 26.2. The van der Waals surface area contributed by atoms with Crippen molar-refractivity contribution in [1.29, 1.82) is 0 Å². The Labute approximate surface area is 326 Å². The predicted molar refractivity (Wildman–Crippen MR) is 214 cm³/mol. The number of rotatable bonds is 8. The number of para-hydroxylation sites is 1. The summed E-state index contributed by atoms with van der Waals surface area (Å²) >= 11 is 5.46. The number of halogens is 1. The van der Waals surface area contributed by atoms with Gasteiger partial charge in [0.15, 0.2) is 0 Å². The van der Waals surface area contributed by atoms with E-state index in [-0.39, 0.29) is 29.2 Å². The Morgan fingerprint density at radius 1 is 0.836 bits per heavy atom. The lowest BCUT2D eigenvalue weighted by atomic mass is 9.87. The molecule has 55 heavy (non-hydrogen) atoms. The van der Waals surface area contributed by atoms with Crippen molar-refractivity contribution in [3.8, 4) is 0 Å².